The second-order valence-electron chi connectivity index (χ2n) is 5.87. The number of rotatable bonds is 7. The summed E-state index contributed by atoms with van der Waals surface area (Å²) in [6, 6.07) is 13.0. The van der Waals surface area contributed by atoms with Gasteiger partial charge in [0.05, 0.1) is 5.75 Å². The molecule has 0 radical (unpaired) electrons. The predicted octanol–water partition coefficient (Wildman–Crippen LogP) is 1.18. The standard InChI is InChI=1S/C16H21N3O4S3/c20-25(21,14-8-17-26(22,23)16-7-4-13-24-16)19-11-9-18(10-12-19)15-5-2-1-3-6-15/h1-7,13,17H,8-12,14H2. The molecule has 0 atom stereocenters. The molecule has 1 aromatic carbocycles. The van der Waals surface area contributed by atoms with E-state index >= 15 is 0 Å². The summed E-state index contributed by atoms with van der Waals surface area (Å²) < 4.78 is 53.0. The maximum atomic E-state index is 12.5. The zero-order valence-electron chi connectivity index (χ0n) is 14.1. The van der Waals surface area contributed by atoms with E-state index in [1.54, 1.807) is 11.4 Å². The first-order valence-electron chi connectivity index (χ1n) is 8.19. The van der Waals surface area contributed by atoms with E-state index in [1.807, 2.05) is 30.3 Å². The van der Waals surface area contributed by atoms with Crippen molar-refractivity contribution in [3.8, 4) is 0 Å². The highest BCUT2D eigenvalue weighted by atomic mass is 32.2. The largest absolute Gasteiger partial charge is 0.369 e. The van der Waals surface area contributed by atoms with Gasteiger partial charge in [-0.2, -0.15) is 4.31 Å². The fourth-order valence-electron chi connectivity index (χ4n) is 2.78. The monoisotopic (exact) mass is 415 g/mol. The maximum Gasteiger partial charge on any atom is 0.250 e. The number of nitrogens with one attached hydrogen (secondary N) is 1. The zero-order valence-corrected chi connectivity index (χ0v) is 16.6. The van der Waals surface area contributed by atoms with Gasteiger partial charge in [0.1, 0.15) is 4.21 Å². The Morgan fingerprint density at radius 2 is 1.62 bits per heavy atom. The summed E-state index contributed by atoms with van der Waals surface area (Å²) in [6.07, 6.45) is 0. The molecule has 1 fully saturated rings. The summed E-state index contributed by atoms with van der Waals surface area (Å²) in [4.78, 5) is 2.14. The molecule has 142 valence electrons. The molecule has 2 heterocycles. The Morgan fingerprint density at radius 3 is 2.23 bits per heavy atom. The summed E-state index contributed by atoms with van der Waals surface area (Å²) in [7, 11) is -7.13. The van der Waals surface area contributed by atoms with E-state index in [2.05, 4.69) is 9.62 Å². The van der Waals surface area contributed by atoms with Crippen molar-refractivity contribution < 1.29 is 16.8 Å². The fourth-order valence-corrected chi connectivity index (χ4v) is 6.32. The third kappa shape index (κ3) is 4.63. The molecule has 0 spiro atoms. The molecule has 3 rings (SSSR count). The van der Waals surface area contributed by atoms with Gasteiger partial charge in [0.2, 0.25) is 20.0 Å². The molecular formula is C16H21N3O4S3. The third-order valence-corrected chi connectivity index (χ3v) is 8.90. The average Bonchev–Trinajstić information content (AvgIpc) is 3.18. The van der Waals surface area contributed by atoms with Crippen molar-refractivity contribution in [2.45, 2.75) is 4.21 Å². The number of anilines is 1. The smallest absolute Gasteiger partial charge is 0.250 e. The Hall–Kier alpha value is -1.46. The minimum absolute atomic E-state index is 0.137. The second kappa shape index (κ2) is 8.05. The fraction of sp³-hybridized carbons (Fsp3) is 0.375. The lowest BCUT2D eigenvalue weighted by Crippen LogP contribution is -2.50. The Kier molecular flexibility index (Phi) is 5.98. The van der Waals surface area contributed by atoms with Crippen LogP contribution in [0.25, 0.3) is 0 Å². The summed E-state index contributed by atoms with van der Waals surface area (Å²) in [5, 5.41) is 1.66. The average molecular weight is 416 g/mol. The summed E-state index contributed by atoms with van der Waals surface area (Å²) in [5.74, 6) is -0.247. The van der Waals surface area contributed by atoms with Gasteiger partial charge in [-0.15, -0.1) is 11.3 Å². The van der Waals surface area contributed by atoms with Gasteiger partial charge in [0, 0.05) is 38.4 Å². The normalized spacial score (nSPS) is 16.7. The van der Waals surface area contributed by atoms with Crippen molar-refractivity contribution >= 4 is 37.1 Å². The predicted molar refractivity (Wildman–Crippen MR) is 104 cm³/mol. The number of nitrogens with zero attached hydrogens (tertiary/aromatic N) is 2. The van der Waals surface area contributed by atoms with Crippen LogP contribution in [0.15, 0.2) is 52.1 Å². The zero-order chi connectivity index (χ0) is 18.6. The Balaban J connectivity index is 1.52. The van der Waals surface area contributed by atoms with Gasteiger partial charge in [-0.1, -0.05) is 24.3 Å². The van der Waals surface area contributed by atoms with Crippen LogP contribution in [-0.2, 0) is 20.0 Å². The minimum atomic E-state index is -3.64. The van der Waals surface area contributed by atoms with Crippen molar-refractivity contribution in [1.82, 2.24) is 9.03 Å². The maximum absolute atomic E-state index is 12.5. The molecule has 0 saturated carbocycles. The van der Waals surface area contributed by atoms with E-state index in [0.29, 0.717) is 26.2 Å². The van der Waals surface area contributed by atoms with Crippen LogP contribution in [0, 0.1) is 0 Å². The van der Waals surface area contributed by atoms with Crippen molar-refractivity contribution in [3.63, 3.8) is 0 Å². The van der Waals surface area contributed by atoms with Crippen LogP contribution in [0.3, 0.4) is 0 Å². The second-order valence-corrected chi connectivity index (χ2v) is 10.9. The quantitative estimate of drug-likeness (QED) is 0.734. The van der Waals surface area contributed by atoms with Gasteiger partial charge in [0.15, 0.2) is 0 Å². The molecule has 0 amide bonds. The number of piperazine rings is 1. The lowest BCUT2D eigenvalue weighted by atomic mass is 10.2. The van der Waals surface area contributed by atoms with Crippen LogP contribution in [0.4, 0.5) is 5.69 Å². The highest BCUT2D eigenvalue weighted by Crippen LogP contribution is 2.18. The number of para-hydroxylation sites is 1. The van der Waals surface area contributed by atoms with Crippen LogP contribution in [0.2, 0.25) is 0 Å². The molecule has 0 aliphatic carbocycles. The number of hydrogen-bond acceptors (Lipinski definition) is 6. The van der Waals surface area contributed by atoms with Gasteiger partial charge in [-0.3, -0.25) is 0 Å². The Morgan fingerprint density at radius 1 is 0.923 bits per heavy atom. The molecule has 1 saturated heterocycles. The number of hydrogen-bond donors (Lipinski definition) is 1. The SMILES string of the molecule is O=S(=O)(NCCS(=O)(=O)N1CCN(c2ccccc2)CC1)c1cccs1. The van der Waals surface area contributed by atoms with Gasteiger partial charge in [-0.25, -0.2) is 21.6 Å². The van der Waals surface area contributed by atoms with E-state index in [1.165, 1.54) is 10.4 Å². The van der Waals surface area contributed by atoms with Gasteiger partial charge in [0.25, 0.3) is 0 Å². The Labute approximate surface area is 158 Å². The van der Waals surface area contributed by atoms with Crippen LogP contribution in [0.5, 0.6) is 0 Å². The molecule has 2 aromatic rings. The van der Waals surface area contributed by atoms with E-state index in [0.717, 1.165) is 17.0 Å². The first kappa shape index (κ1) is 19.3. The van der Waals surface area contributed by atoms with Crippen molar-refractivity contribution in [2.24, 2.45) is 0 Å². The molecular weight excluding hydrogens is 394 g/mol. The highest BCUT2D eigenvalue weighted by molar-refractivity contribution is 7.91. The lowest BCUT2D eigenvalue weighted by Gasteiger charge is -2.35. The topological polar surface area (TPSA) is 86.8 Å². The molecule has 0 unspecified atom stereocenters. The first-order chi connectivity index (χ1) is 12.4. The van der Waals surface area contributed by atoms with Crippen LogP contribution in [0.1, 0.15) is 0 Å². The molecule has 26 heavy (non-hydrogen) atoms. The van der Waals surface area contributed by atoms with E-state index < -0.39 is 20.0 Å². The van der Waals surface area contributed by atoms with Crippen LogP contribution in [-0.4, -0.2) is 59.6 Å². The van der Waals surface area contributed by atoms with E-state index in [9.17, 15) is 16.8 Å². The third-order valence-electron chi connectivity index (χ3n) is 4.17. The van der Waals surface area contributed by atoms with Crippen LogP contribution >= 0.6 is 11.3 Å². The minimum Gasteiger partial charge on any atom is -0.369 e. The van der Waals surface area contributed by atoms with Gasteiger partial charge in [-0.05, 0) is 23.6 Å². The summed E-state index contributed by atoms with van der Waals surface area (Å²) in [5.41, 5.74) is 1.08. The number of sulfonamides is 2. The lowest BCUT2D eigenvalue weighted by molar-refractivity contribution is 0.385. The van der Waals surface area contributed by atoms with Crippen molar-refractivity contribution in [2.75, 3.05) is 43.4 Å². The van der Waals surface area contributed by atoms with Gasteiger partial charge >= 0.3 is 0 Å². The molecule has 0 bridgehead atoms. The molecule has 7 nitrogen and oxygen atoms in total. The molecule has 1 aliphatic rings. The van der Waals surface area contributed by atoms with E-state index in [-0.39, 0.29) is 16.5 Å². The summed E-state index contributed by atoms with van der Waals surface area (Å²) >= 11 is 1.10. The van der Waals surface area contributed by atoms with Crippen molar-refractivity contribution in [1.29, 1.82) is 0 Å². The number of benzene rings is 1. The molecule has 1 aliphatic heterocycles. The highest BCUT2D eigenvalue weighted by Gasteiger charge is 2.27. The molecule has 1 N–H and O–H groups in total. The van der Waals surface area contributed by atoms with E-state index in [4.69, 9.17) is 0 Å². The number of thiophene rings is 1. The molecule has 1 aromatic heterocycles. The van der Waals surface area contributed by atoms with Gasteiger partial charge < -0.3 is 4.90 Å². The van der Waals surface area contributed by atoms with Crippen molar-refractivity contribution in [3.05, 3.63) is 47.8 Å². The van der Waals surface area contributed by atoms with Crippen LogP contribution < -0.4 is 9.62 Å². The summed E-state index contributed by atoms with van der Waals surface area (Å²) in [6.45, 7) is 1.89. The Bertz CT molecular complexity index is 905. The first-order valence-corrected chi connectivity index (χ1v) is 12.2. The molecule has 10 heteroatoms.